The number of rotatable bonds is 7. The second-order valence-electron chi connectivity index (χ2n) is 9.87. The summed E-state index contributed by atoms with van der Waals surface area (Å²) in [6, 6.07) is 22.5. The molecule has 0 aliphatic rings. The number of benzene rings is 4. The average Bonchev–Trinajstić information content (AvgIpc) is 2.90. The maximum atomic E-state index is 13.3. The van der Waals surface area contributed by atoms with E-state index >= 15 is 0 Å². The Morgan fingerprint density at radius 1 is 0.795 bits per heavy atom. The van der Waals surface area contributed by atoms with Gasteiger partial charge in [0.15, 0.2) is 5.75 Å². The molecule has 0 fully saturated rings. The first-order chi connectivity index (χ1) is 18.5. The number of carbonyl (C=O) groups is 2. The Kier molecular flexibility index (Phi) is 7.85. The van der Waals surface area contributed by atoms with Gasteiger partial charge in [0, 0.05) is 11.3 Å². The number of halogens is 1. The van der Waals surface area contributed by atoms with Crippen LogP contribution in [0.3, 0.4) is 0 Å². The minimum absolute atomic E-state index is 0.0120. The molecule has 0 aromatic heterocycles. The number of carboxylic acid groups (broad SMARTS) is 1. The number of nitrogens with one attached hydrogen (secondary N) is 2. The van der Waals surface area contributed by atoms with Gasteiger partial charge in [0.05, 0.1) is 12.8 Å². The number of carboxylic acids is 1. The van der Waals surface area contributed by atoms with E-state index in [0.717, 1.165) is 5.56 Å². The maximum Gasteiger partial charge on any atom is 0.339 e. The first kappa shape index (κ1) is 27.2. The highest BCUT2D eigenvalue weighted by atomic mass is 19.1. The summed E-state index contributed by atoms with van der Waals surface area (Å²) in [7, 11) is 1.41. The normalized spacial score (nSPS) is 11.0. The molecule has 0 atom stereocenters. The molecule has 0 aliphatic heterocycles. The fourth-order valence-corrected chi connectivity index (χ4v) is 4.06. The molecule has 0 radical (unpaired) electrons. The highest BCUT2D eigenvalue weighted by molar-refractivity contribution is 6.01. The van der Waals surface area contributed by atoms with Crippen LogP contribution in [0.1, 0.15) is 36.7 Å². The van der Waals surface area contributed by atoms with Gasteiger partial charge in [-0.3, -0.25) is 0 Å². The molecule has 39 heavy (non-hydrogen) atoms. The van der Waals surface area contributed by atoms with Crippen molar-refractivity contribution in [1.29, 1.82) is 0 Å². The van der Waals surface area contributed by atoms with E-state index < -0.39 is 17.8 Å². The number of aromatic carboxylic acids is 1. The molecule has 8 heteroatoms. The highest BCUT2D eigenvalue weighted by Crippen LogP contribution is 2.39. The second-order valence-corrected chi connectivity index (χ2v) is 9.87. The number of hydrogen-bond acceptors (Lipinski definition) is 4. The smallest absolute Gasteiger partial charge is 0.339 e. The van der Waals surface area contributed by atoms with Crippen molar-refractivity contribution in [3.8, 4) is 28.4 Å². The molecular formula is C31H29FN2O5. The quantitative estimate of drug-likeness (QED) is 0.226. The predicted molar refractivity (Wildman–Crippen MR) is 150 cm³/mol. The van der Waals surface area contributed by atoms with Gasteiger partial charge in [-0.25, -0.2) is 14.0 Å². The van der Waals surface area contributed by atoms with Gasteiger partial charge in [-0.15, -0.1) is 0 Å². The first-order valence-electron chi connectivity index (χ1n) is 12.2. The Morgan fingerprint density at radius 3 is 2.08 bits per heavy atom. The van der Waals surface area contributed by atoms with E-state index in [2.05, 4.69) is 31.4 Å². The Balaban J connectivity index is 1.74. The van der Waals surface area contributed by atoms with Crippen LogP contribution < -0.4 is 20.1 Å². The van der Waals surface area contributed by atoms with E-state index in [4.69, 9.17) is 9.47 Å². The number of urea groups is 1. The lowest BCUT2D eigenvalue weighted by Gasteiger charge is -2.23. The van der Waals surface area contributed by atoms with Crippen molar-refractivity contribution in [3.05, 3.63) is 102 Å². The molecule has 0 saturated carbocycles. The molecule has 2 amide bonds. The zero-order valence-electron chi connectivity index (χ0n) is 22.0. The van der Waals surface area contributed by atoms with Crippen molar-refractivity contribution in [2.75, 3.05) is 17.7 Å². The summed E-state index contributed by atoms with van der Waals surface area (Å²) in [5.74, 6) is -0.275. The fraction of sp³-hybridized carbons (Fsp3) is 0.161. The maximum absolute atomic E-state index is 13.3. The molecule has 3 N–H and O–H groups in total. The van der Waals surface area contributed by atoms with Crippen LogP contribution in [0.5, 0.6) is 17.2 Å². The molecule has 200 valence electrons. The van der Waals surface area contributed by atoms with E-state index in [-0.39, 0.29) is 16.7 Å². The second kappa shape index (κ2) is 11.3. The van der Waals surface area contributed by atoms with Gasteiger partial charge in [0.1, 0.15) is 22.9 Å². The lowest BCUT2D eigenvalue weighted by molar-refractivity contribution is 0.0693. The van der Waals surface area contributed by atoms with Gasteiger partial charge in [-0.1, -0.05) is 51.1 Å². The van der Waals surface area contributed by atoms with Gasteiger partial charge >= 0.3 is 12.0 Å². The molecule has 0 saturated heterocycles. The van der Waals surface area contributed by atoms with Crippen molar-refractivity contribution in [3.63, 3.8) is 0 Å². The number of para-hydroxylation sites is 1. The van der Waals surface area contributed by atoms with Crippen molar-refractivity contribution < 1.29 is 28.6 Å². The van der Waals surface area contributed by atoms with Crippen LogP contribution in [0.4, 0.5) is 20.6 Å². The van der Waals surface area contributed by atoms with E-state index in [1.807, 2.05) is 24.3 Å². The lowest BCUT2D eigenvalue weighted by Crippen LogP contribution is -2.20. The number of hydrogen-bond donors (Lipinski definition) is 3. The molecule has 4 aromatic rings. The Bertz CT molecular complexity index is 1510. The Labute approximate surface area is 226 Å². The van der Waals surface area contributed by atoms with E-state index in [1.54, 1.807) is 30.3 Å². The SMILES string of the molecule is COc1ccc(-c2ccc(Oc3ccccc3C(C)(C)C)c(NC(=O)Nc3ccc(F)cc3)c2)cc1C(=O)O. The number of amides is 2. The minimum Gasteiger partial charge on any atom is -0.496 e. The summed E-state index contributed by atoms with van der Waals surface area (Å²) >= 11 is 0. The summed E-state index contributed by atoms with van der Waals surface area (Å²) in [4.78, 5) is 24.7. The van der Waals surface area contributed by atoms with Crippen LogP contribution in [-0.2, 0) is 5.41 Å². The molecule has 4 rings (SSSR count). The number of anilines is 2. The zero-order chi connectivity index (χ0) is 28.2. The molecule has 0 spiro atoms. The first-order valence-corrected chi connectivity index (χ1v) is 12.2. The Hall–Kier alpha value is -4.85. The Morgan fingerprint density at radius 2 is 1.44 bits per heavy atom. The summed E-state index contributed by atoms with van der Waals surface area (Å²) < 4.78 is 24.8. The van der Waals surface area contributed by atoms with E-state index in [0.29, 0.717) is 34.0 Å². The van der Waals surface area contributed by atoms with Gasteiger partial charge in [0.2, 0.25) is 0 Å². The molecule has 0 bridgehead atoms. The molecule has 4 aromatic carbocycles. The lowest BCUT2D eigenvalue weighted by atomic mass is 9.86. The molecule has 0 aliphatic carbocycles. The number of methoxy groups -OCH3 is 1. The van der Waals surface area contributed by atoms with Crippen molar-refractivity contribution in [2.24, 2.45) is 0 Å². The summed E-state index contributed by atoms with van der Waals surface area (Å²) in [6.07, 6.45) is 0. The minimum atomic E-state index is -1.12. The summed E-state index contributed by atoms with van der Waals surface area (Å²) in [5, 5.41) is 15.1. The number of ether oxygens (including phenoxy) is 2. The van der Waals surface area contributed by atoms with Gasteiger partial charge in [0.25, 0.3) is 0 Å². The largest absolute Gasteiger partial charge is 0.496 e. The zero-order valence-corrected chi connectivity index (χ0v) is 22.0. The predicted octanol–water partition coefficient (Wildman–Crippen LogP) is 7.93. The van der Waals surface area contributed by atoms with Crippen molar-refractivity contribution in [1.82, 2.24) is 0 Å². The molecule has 0 unspecified atom stereocenters. The third kappa shape index (κ3) is 6.54. The van der Waals surface area contributed by atoms with Crippen LogP contribution >= 0.6 is 0 Å². The van der Waals surface area contributed by atoms with E-state index in [1.165, 1.54) is 37.4 Å². The summed E-state index contributed by atoms with van der Waals surface area (Å²) in [6.45, 7) is 6.24. The molecule has 0 heterocycles. The topological polar surface area (TPSA) is 96.9 Å². The van der Waals surface area contributed by atoms with Crippen LogP contribution in [0.25, 0.3) is 11.1 Å². The highest BCUT2D eigenvalue weighted by Gasteiger charge is 2.21. The van der Waals surface area contributed by atoms with Crippen LogP contribution in [0, 0.1) is 5.82 Å². The van der Waals surface area contributed by atoms with E-state index in [9.17, 15) is 19.1 Å². The standard InChI is InChI=1S/C31H29FN2O5/c1-31(2,3)24-7-5-6-8-27(24)39-28-16-10-20(19-9-15-26(38-4)23(17-19)29(35)36)18-25(28)34-30(37)33-22-13-11-21(32)12-14-22/h5-18H,1-4H3,(H,35,36)(H2,33,34,37). The molecular weight excluding hydrogens is 499 g/mol. The summed E-state index contributed by atoms with van der Waals surface area (Å²) in [5.41, 5.74) is 2.82. The third-order valence-electron chi connectivity index (χ3n) is 6.01. The van der Waals surface area contributed by atoms with Crippen molar-refractivity contribution in [2.45, 2.75) is 26.2 Å². The third-order valence-corrected chi connectivity index (χ3v) is 6.01. The fourth-order valence-electron chi connectivity index (χ4n) is 4.06. The van der Waals surface area contributed by atoms with Crippen LogP contribution in [-0.4, -0.2) is 24.2 Å². The molecule has 7 nitrogen and oxygen atoms in total. The number of carbonyl (C=O) groups excluding carboxylic acids is 1. The monoisotopic (exact) mass is 528 g/mol. The van der Waals surface area contributed by atoms with Gasteiger partial charge in [-0.2, -0.15) is 0 Å². The van der Waals surface area contributed by atoms with Crippen LogP contribution in [0.15, 0.2) is 84.9 Å². The van der Waals surface area contributed by atoms with Crippen molar-refractivity contribution >= 4 is 23.4 Å². The van der Waals surface area contributed by atoms with Crippen LogP contribution in [0.2, 0.25) is 0 Å². The van der Waals surface area contributed by atoms with Gasteiger partial charge in [-0.05, 0) is 71.1 Å². The van der Waals surface area contributed by atoms with Gasteiger partial charge < -0.3 is 25.2 Å². The average molecular weight is 529 g/mol.